The van der Waals surface area contributed by atoms with E-state index in [-0.39, 0.29) is 17.6 Å². The van der Waals surface area contributed by atoms with Crippen LogP contribution in [0.2, 0.25) is 10.0 Å². The molecule has 2 unspecified atom stereocenters. The number of ether oxygens (including phenoxy) is 1. The van der Waals surface area contributed by atoms with Gasteiger partial charge >= 0.3 is 0 Å². The van der Waals surface area contributed by atoms with E-state index in [2.05, 4.69) is 27.7 Å². The molecule has 0 amide bonds. The van der Waals surface area contributed by atoms with Gasteiger partial charge in [-0.25, -0.2) is 0 Å². The van der Waals surface area contributed by atoms with Crippen molar-refractivity contribution in [3.63, 3.8) is 0 Å². The second kappa shape index (κ2) is 6.14. The van der Waals surface area contributed by atoms with E-state index in [4.69, 9.17) is 33.7 Å². The molecule has 102 valence electrons. The molecule has 18 heavy (non-hydrogen) atoms. The molecule has 0 bridgehead atoms. The molecule has 0 aliphatic heterocycles. The van der Waals surface area contributed by atoms with Crippen LogP contribution >= 0.6 is 23.2 Å². The van der Waals surface area contributed by atoms with E-state index in [0.29, 0.717) is 15.8 Å². The lowest BCUT2D eigenvalue weighted by atomic mass is 9.84. The summed E-state index contributed by atoms with van der Waals surface area (Å²) in [5.41, 5.74) is 6.09. The number of rotatable bonds is 4. The van der Waals surface area contributed by atoms with E-state index in [1.807, 2.05) is 6.07 Å². The Hall–Kier alpha value is -0.440. The Morgan fingerprint density at radius 1 is 1.22 bits per heavy atom. The third kappa shape index (κ3) is 4.04. The van der Waals surface area contributed by atoms with Gasteiger partial charge in [-0.15, -0.1) is 0 Å². The van der Waals surface area contributed by atoms with Gasteiger partial charge in [-0.3, -0.25) is 0 Å². The van der Waals surface area contributed by atoms with Crippen molar-refractivity contribution in [2.75, 3.05) is 0 Å². The second-order valence-corrected chi connectivity index (χ2v) is 6.37. The van der Waals surface area contributed by atoms with Gasteiger partial charge in [-0.2, -0.15) is 0 Å². The van der Waals surface area contributed by atoms with Crippen LogP contribution in [0.4, 0.5) is 0 Å². The van der Waals surface area contributed by atoms with Crippen molar-refractivity contribution in [3.8, 4) is 5.75 Å². The van der Waals surface area contributed by atoms with E-state index >= 15 is 0 Å². The van der Waals surface area contributed by atoms with Crippen molar-refractivity contribution in [1.82, 2.24) is 0 Å². The van der Waals surface area contributed by atoms with Crippen molar-refractivity contribution >= 4 is 23.2 Å². The smallest absolute Gasteiger partial charge is 0.121 e. The molecule has 2 nitrogen and oxygen atoms in total. The van der Waals surface area contributed by atoms with Gasteiger partial charge in [0.2, 0.25) is 0 Å². The molecule has 0 saturated heterocycles. The van der Waals surface area contributed by atoms with Gasteiger partial charge in [0.15, 0.2) is 0 Å². The fourth-order valence-electron chi connectivity index (χ4n) is 1.82. The molecule has 4 heteroatoms. The highest BCUT2D eigenvalue weighted by Gasteiger charge is 2.31. The summed E-state index contributed by atoms with van der Waals surface area (Å²) in [7, 11) is 0. The van der Waals surface area contributed by atoms with Crippen molar-refractivity contribution in [1.29, 1.82) is 0 Å². The molecule has 0 fully saturated rings. The van der Waals surface area contributed by atoms with Gasteiger partial charge in [0.05, 0.1) is 10.0 Å². The maximum Gasteiger partial charge on any atom is 0.121 e. The number of nitrogens with two attached hydrogens (primary N) is 1. The van der Waals surface area contributed by atoms with Crippen LogP contribution in [0.1, 0.15) is 34.1 Å². The molecule has 2 atom stereocenters. The molecule has 1 aromatic carbocycles. The molecule has 1 rings (SSSR count). The number of halogens is 2. The van der Waals surface area contributed by atoms with Gasteiger partial charge in [0.25, 0.3) is 0 Å². The van der Waals surface area contributed by atoms with Gasteiger partial charge in [0, 0.05) is 17.5 Å². The summed E-state index contributed by atoms with van der Waals surface area (Å²) >= 11 is 11.9. The lowest BCUT2D eigenvalue weighted by Crippen LogP contribution is -2.47. The third-order valence-electron chi connectivity index (χ3n) is 2.87. The number of hydrogen-bond acceptors (Lipinski definition) is 2. The zero-order chi connectivity index (χ0) is 13.9. The molecule has 0 spiro atoms. The minimum Gasteiger partial charge on any atom is -0.488 e. The molecule has 0 radical (unpaired) electrons. The lowest BCUT2D eigenvalue weighted by molar-refractivity contribution is 0.0622. The van der Waals surface area contributed by atoms with Crippen LogP contribution in [0, 0.1) is 5.41 Å². The molecule has 0 aliphatic carbocycles. The number of hydrogen-bond donors (Lipinski definition) is 1. The fraction of sp³-hybridized carbons (Fsp3) is 0.571. The molecule has 0 aromatic heterocycles. The Balaban J connectivity index is 2.93. The minimum atomic E-state index is -0.0697. The third-order valence-corrected chi connectivity index (χ3v) is 3.61. The Morgan fingerprint density at radius 3 is 2.28 bits per heavy atom. The SMILES string of the molecule is CCC(N)C(Oc1ccc(Cl)c(Cl)c1)C(C)(C)C. The minimum absolute atomic E-state index is 0.0144. The van der Waals surface area contributed by atoms with Crippen molar-refractivity contribution in [2.45, 2.75) is 46.3 Å². The van der Waals surface area contributed by atoms with Crippen LogP contribution in [-0.4, -0.2) is 12.1 Å². The summed E-state index contributed by atoms with van der Waals surface area (Å²) in [5.74, 6) is 0.702. The normalized spacial score (nSPS) is 15.3. The van der Waals surface area contributed by atoms with Crippen LogP contribution in [0.5, 0.6) is 5.75 Å². The summed E-state index contributed by atoms with van der Waals surface area (Å²) in [6, 6.07) is 5.26. The van der Waals surface area contributed by atoms with E-state index in [0.717, 1.165) is 6.42 Å². The molecule has 0 heterocycles. The van der Waals surface area contributed by atoms with E-state index in [1.54, 1.807) is 12.1 Å². The first-order valence-corrected chi connectivity index (χ1v) is 6.88. The first kappa shape index (κ1) is 15.6. The molecule has 0 aliphatic rings. The molecule has 2 N–H and O–H groups in total. The van der Waals surface area contributed by atoms with Crippen molar-refractivity contribution in [2.24, 2.45) is 11.1 Å². The van der Waals surface area contributed by atoms with Crippen LogP contribution in [0.15, 0.2) is 18.2 Å². The average molecular weight is 290 g/mol. The summed E-state index contributed by atoms with van der Waals surface area (Å²) < 4.78 is 6.00. The molecule has 0 saturated carbocycles. The van der Waals surface area contributed by atoms with E-state index < -0.39 is 0 Å². The first-order chi connectivity index (χ1) is 8.25. The maximum absolute atomic E-state index is 6.14. The zero-order valence-corrected chi connectivity index (χ0v) is 12.8. The zero-order valence-electron chi connectivity index (χ0n) is 11.3. The quantitative estimate of drug-likeness (QED) is 0.884. The summed E-state index contributed by atoms with van der Waals surface area (Å²) in [6.07, 6.45) is 0.795. The predicted octanol–water partition coefficient (Wildman–Crippen LogP) is 4.52. The van der Waals surface area contributed by atoms with Gasteiger partial charge in [-0.1, -0.05) is 50.9 Å². The lowest BCUT2D eigenvalue weighted by Gasteiger charge is -2.35. The topological polar surface area (TPSA) is 35.2 Å². The Kier molecular flexibility index (Phi) is 5.32. The summed E-state index contributed by atoms with van der Waals surface area (Å²) in [4.78, 5) is 0. The molecular formula is C14H21Cl2NO. The van der Waals surface area contributed by atoms with Crippen LogP contribution in [0.25, 0.3) is 0 Å². The van der Waals surface area contributed by atoms with Gasteiger partial charge in [-0.05, 0) is 18.6 Å². The highest BCUT2D eigenvalue weighted by Crippen LogP contribution is 2.31. The standard InChI is InChI=1S/C14H21Cl2NO/c1-5-12(17)13(14(2,3)4)18-9-6-7-10(15)11(16)8-9/h6-8,12-13H,5,17H2,1-4H3. The second-order valence-electron chi connectivity index (χ2n) is 5.55. The van der Waals surface area contributed by atoms with E-state index in [1.165, 1.54) is 0 Å². The van der Waals surface area contributed by atoms with Gasteiger partial charge in [0.1, 0.15) is 11.9 Å². The Morgan fingerprint density at radius 2 is 1.83 bits per heavy atom. The monoisotopic (exact) mass is 289 g/mol. The number of benzene rings is 1. The van der Waals surface area contributed by atoms with Crippen LogP contribution in [0.3, 0.4) is 0 Å². The van der Waals surface area contributed by atoms with Crippen LogP contribution < -0.4 is 10.5 Å². The highest BCUT2D eigenvalue weighted by atomic mass is 35.5. The summed E-state index contributed by atoms with van der Waals surface area (Å²) in [5, 5.41) is 1.02. The molecular weight excluding hydrogens is 269 g/mol. The maximum atomic E-state index is 6.14. The van der Waals surface area contributed by atoms with Gasteiger partial charge < -0.3 is 10.5 Å². The Bertz CT molecular complexity index is 401. The van der Waals surface area contributed by atoms with Crippen LogP contribution in [-0.2, 0) is 0 Å². The van der Waals surface area contributed by atoms with E-state index in [9.17, 15) is 0 Å². The summed E-state index contributed by atoms with van der Waals surface area (Å²) in [6.45, 7) is 8.40. The average Bonchev–Trinajstić information content (AvgIpc) is 2.28. The first-order valence-electron chi connectivity index (χ1n) is 6.13. The molecule has 1 aromatic rings. The van der Waals surface area contributed by atoms with Crippen molar-refractivity contribution < 1.29 is 4.74 Å². The largest absolute Gasteiger partial charge is 0.488 e. The Labute approximate surface area is 119 Å². The van der Waals surface area contributed by atoms with Crippen molar-refractivity contribution in [3.05, 3.63) is 28.2 Å². The fourth-order valence-corrected chi connectivity index (χ4v) is 2.11. The predicted molar refractivity (Wildman–Crippen MR) is 78.6 cm³/mol. The highest BCUT2D eigenvalue weighted by molar-refractivity contribution is 6.42.